The Kier molecular flexibility index (Phi) is 7.96. The van der Waals surface area contributed by atoms with Crippen molar-refractivity contribution in [1.29, 1.82) is 0 Å². The summed E-state index contributed by atoms with van der Waals surface area (Å²) in [5.74, 6) is -0.0834. The second-order valence-electron chi connectivity index (χ2n) is 6.24. The third-order valence-electron chi connectivity index (χ3n) is 4.39. The van der Waals surface area contributed by atoms with Gasteiger partial charge in [-0.25, -0.2) is 4.79 Å². The van der Waals surface area contributed by atoms with Crippen molar-refractivity contribution in [3.05, 3.63) is 28.8 Å². The largest absolute Gasteiger partial charge is 0.378 e. The molecule has 0 unspecified atom stereocenters. The zero-order chi connectivity index (χ0) is 17.6. The number of amides is 3. The number of rotatable bonds is 3. The average molecular weight is 403 g/mol. The molecule has 0 radical (unpaired) electrons. The molecule has 9 heteroatoms. The number of benzene rings is 1. The van der Waals surface area contributed by atoms with E-state index in [4.69, 9.17) is 16.3 Å². The highest BCUT2D eigenvalue weighted by atomic mass is 35.5. The lowest BCUT2D eigenvalue weighted by Crippen LogP contribution is -2.47. The zero-order valence-corrected chi connectivity index (χ0v) is 16.0. The predicted molar refractivity (Wildman–Crippen MR) is 103 cm³/mol. The lowest BCUT2D eigenvalue weighted by molar-refractivity contribution is 0.0303. The summed E-state index contributed by atoms with van der Waals surface area (Å²) in [4.78, 5) is 26.5. The van der Waals surface area contributed by atoms with Crippen LogP contribution in [0, 0.1) is 0 Å². The first-order valence-electron chi connectivity index (χ1n) is 8.58. The highest BCUT2D eigenvalue weighted by Gasteiger charge is 2.20. The van der Waals surface area contributed by atoms with Crippen LogP contribution in [0.1, 0.15) is 23.2 Å². The molecule has 1 aromatic rings. The number of carbonyl (C=O) groups excluding carboxylic acids is 2. The van der Waals surface area contributed by atoms with Crippen LogP contribution in [0.15, 0.2) is 18.2 Å². The quantitative estimate of drug-likeness (QED) is 0.722. The van der Waals surface area contributed by atoms with Crippen LogP contribution in [-0.4, -0.2) is 62.3 Å². The van der Waals surface area contributed by atoms with E-state index in [9.17, 15) is 9.59 Å². The van der Waals surface area contributed by atoms with Gasteiger partial charge in [0.2, 0.25) is 0 Å². The molecule has 1 atom stereocenters. The van der Waals surface area contributed by atoms with Crippen molar-refractivity contribution in [2.75, 3.05) is 44.7 Å². The summed E-state index contributed by atoms with van der Waals surface area (Å²) >= 11 is 6.17. The fourth-order valence-electron chi connectivity index (χ4n) is 3.02. The molecule has 2 saturated heterocycles. The van der Waals surface area contributed by atoms with Gasteiger partial charge in [0.1, 0.15) is 0 Å². The molecule has 0 bridgehead atoms. The monoisotopic (exact) mass is 402 g/mol. The van der Waals surface area contributed by atoms with E-state index in [2.05, 4.69) is 16.0 Å². The number of carbonyl (C=O) groups is 2. The van der Waals surface area contributed by atoms with Crippen molar-refractivity contribution in [2.45, 2.75) is 18.9 Å². The van der Waals surface area contributed by atoms with Crippen LogP contribution in [0.5, 0.6) is 0 Å². The van der Waals surface area contributed by atoms with Crippen LogP contribution < -0.4 is 16.0 Å². The van der Waals surface area contributed by atoms with Gasteiger partial charge in [-0.15, -0.1) is 12.4 Å². The standard InChI is InChI=1S/C17H23ClN4O3.ClH/c18-14-4-3-12(16(23)22-6-8-25-9-7-22)10-15(14)21-17(24)20-13-2-1-5-19-11-13;/h3-4,10,13,19H,1-2,5-9,11H2,(H2,20,21,24);1H/t13-;/m1./s1. The number of piperidine rings is 1. The molecule has 7 nitrogen and oxygen atoms in total. The summed E-state index contributed by atoms with van der Waals surface area (Å²) in [5.41, 5.74) is 0.933. The Bertz CT molecular complexity index is 632. The van der Waals surface area contributed by atoms with Crippen molar-refractivity contribution in [2.24, 2.45) is 0 Å². The van der Waals surface area contributed by atoms with E-state index >= 15 is 0 Å². The normalized spacial score (nSPS) is 20.0. The molecule has 3 amide bonds. The Morgan fingerprint density at radius 1 is 1.27 bits per heavy atom. The van der Waals surface area contributed by atoms with Gasteiger partial charge in [0.25, 0.3) is 5.91 Å². The number of morpholine rings is 1. The van der Waals surface area contributed by atoms with Gasteiger partial charge < -0.3 is 25.6 Å². The Balaban J connectivity index is 0.00000243. The molecule has 2 aliphatic heterocycles. The molecule has 1 aromatic carbocycles. The van der Waals surface area contributed by atoms with Gasteiger partial charge in [-0.05, 0) is 37.6 Å². The lowest BCUT2D eigenvalue weighted by atomic mass is 10.1. The molecule has 2 aliphatic rings. The Labute approximate surface area is 164 Å². The van der Waals surface area contributed by atoms with Crippen molar-refractivity contribution >= 4 is 41.6 Å². The van der Waals surface area contributed by atoms with E-state index < -0.39 is 0 Å². The molecular weight excluding hydrogens is 379 g/mol. The van der Waals surface area contributed by atoms with Crippen molar-refractivity contribution in [3.63, 3.8) is 0 Å². The number of urea groups is 1. The van der Waals surface area contributed by atoms with Crippen LogP contribution in [0.3, 0.4) is 0 Å². The first-order chi connectivity index (χ1) is 12.1. The zero-order valence-electron chi connectivity index (χ0n) is 14.4. The maximum absolute atomic E-state index is 12.6. The second-order valence-corrected chi connectivity index (χ2v) is 6.65. The maximum atomic E-state index is 12.6. The molecule has 26 heavy (non-hydrogen) atoms. The van der Waals surface area contributed by atoms with Crippen LogP contribution in [0.4, 0.5) is 10.5 Å². The predicted octanol–water partition coefficient (Wildman–Crippen LogP) is 2.11. The fraction of sp³-hybridized carbons (Fsp3) is 0.529. The molecule has 0 spiro atoms. The maximum Gasteiger partial charge on any atom is 0.319 e. The third kappa shape index (κ3) is 5.48. The molecule has 3 rings (SSSR count). The van der Waals surface area contributed by atoms with Crippen LogP contribution >= 0.6 is 24.0 Å². The van der Waals surface area contributed by atoms with E-state index in [0.29, 0.717) is 42.6 Å². The summed E-state index contributed by atoms with van der Waals surface area (Å²) in [6, 6.07) is 4.72. The number of hydrogen-bond donors (Lipinski definition) is 3. The molecule has 144 valence electrons. The number of nitrogens with zero attached hydrogens (tertiary/aromatic N) is 1. The van der Waals surface area contributed by atoms with Gasteiger partial charge in [0, 0.05) is 31.2 Å². The summed E-state index contributed by atoms with van der Waals surface area (Å²) in [6.45, 7) is 3.97. The minimum Gasteiger partial charge on any atom is -0.378 e. The van der Waals surface area contributed by atoms with Crippen molar-refractivity contribution in [1.82, 2.24) is 15.5 Å². The second kappa shape index (κ2) is 9.97. The van der Waals surface area contributed by atoms with Gasteiger partial charge in [0.05, 0.1) is 23.9 Å². The van der Waals surface area contributed by atoms with Gasteiger partial charge in [-0.1, -0.05) is 11.6 Å². The van der Waals surface area contributed by atoms with Gasteiger partial charge in [-0.3, -0.25) is 4.79 Å². The minimum absolute atomic E-state index is 0. The number of halogens is 2. The van der Waals surface area contributed by atoms with E-state index in [1.807, 2.05) is 0 Å². The van der Waals surface area contributed by atoms with Crippen molar-refractivity contribution < 1.29 is 14.3 Å². The minimum atomic E-state index is -0.313. The van der Waals surface area contributed by atoms with E-state index in [1.165, 1.54) is 0 Å². The lowest BCUT2D eigenvalue weighted by Gasteiger charge is -2.27. The van der Waals surface area contributed by atoms with Gasteiger partial charge >= 0.3 is 6.03 Å². The SMILES string of the molecule is Cl.O=C(Nc1cc(C(=O)N2CCOCC2)ccc1Cl)N[C@@H]1CCCNC1. The number of ether oxygens (including phenoxy) is 1. The Morgan fingerprint density at radius 3 is 2.73 bits per heavy atom. The van der Waals surface area contributed by atoms with Crippen molar-refractivity contribution in [3.8, 4) is 0 Å². The number of nitrogens with one attached hydrogen (secondary N) is 3. The average Bonchev–Trinajstić information content (AvgIpc) is 2.64. The Morgan fingerprint density at radius 2 is 2.04 bits per heavy atom. The van der Waals surface area contributed by atoms with E-state index in [-0.39, 0.29) is 30.4 Å². The molecule has 3 N–H and O–H groups in total. The van der Waals surface area contributed by atoms with Gasteiger partial charge in [-0.2, -0.15) is 0 Å². The summed E-state index contributed by atoms with van der Waals surface area (Å²) in [5, 5.41) is 9.32. The Hall–Kier alpha value is -1.54. The highest BCUT2D eigenvalue weighted by molar-refractivity contribution is 6.33. The number of anilines is 1. The molecule has 2 fully saturated rings. The first-order valence-corrected chi connectivity index (χ1v) is 8.96. The smallest absolute Gasteiger partial charge is 0.319 e. The molecule has 2 heterocycles. The number of hydrogen-bond acceptors (Lipinski definition) is 4. The summed E-state index contributed by atoms with van der Waals surface area (Å²) in [7, 11) is 0. The van der Waals surface area contributed by atoms with Crippen LogP contribution in [-0.2, 0) is 4.74 Å². The van der Waals surface area contributed by atoms with E-state index in [0.717, 1.165) is 25.9 Å². The summed E-state index contributed by atoms with van der Waals surface area (Å²) < 4.78 is 5.27. The molecule has 0 saturated carbocycles. The highest BCUT2D eigenvalue weighted by Crippen LogP contribution is 2.24. The molecule has 0 aliphatic carbocycles. The van der Waals surface area contributed by atoms with E-state index in [1.54, 1.807) is 23.1 Å². The van der Waals surface area contributed by atoms with Crippen LogP contribution in [0.25, 0.3) is 0 Å². The molecule has 0 aromatic heterocycles. The van der Waals surface area contributed by atoms with Crippen LogP contribution in [0.2, 0.25) is 5.02 Å². The topological polar surface area (TPSA) is 82.7 Å². The fourth-order valence-corrected chi connectivity index (χ4v) is 3.19. The first kappa shape index (κ1) is 20.8. The van der Waals surface area contributed by atoms with Gasteiger partial charge in [0.15, 0.2) is 0 Å². The third-order valence-corrected chi connectivity index (χ3v) is 4.72. The summed E-state index contributed by atoms with van der Waals surface area (Å²) in [6.07, 6.45) is 1.99. The molecular formula is C17H24Cl2N4O3.